The molecule has 108 valence electrons. The molecule has 0 saturated heterocycles. The molecule has 0 spiro atoms. The Bertz CT molecular complexity index is 508. The van der Waals surface area contributed by atoms with Crippen LogP contribution in [-0.2, 0) is 4.79 Å². The van der Waals surface area contributed by atoms with Crippen molar-refractivity contribution in [3.8, 4) is 0 Å². The number of nitro groups is 1. The molecule has 5 heteroatoms. The molecule has 1 aromatic rings. The molecule has 0 unspecified atom stereocenters. The van der Waals surface area contributed by atoms with E-state index < -0.39 is 4.92 Å². The van der Waals surface area contributed by atoms with Crippen molar-refractivity contribution in [2.24, 2.45) is 5.92 Å². The molecule has 20 heavy (non-hydrogen) atoms. The van der Waals surface area contributed by atoms with Crippen LogP contribution in [0.1, 0.15) is 44.1 Å². The van der Waals surface area contributed by atoms with E-state index in [1.807, 2.05) is 0 Å². The Morgan fingerprint density at radius 1 is 1.35 bits per heavy atom. The number of nitrogens with one attached hydrogen (secondary N) is 1. The van der Waals surface area contributed by atoms with Crippen LogP contribution in [-0.4, -0.2) is 10.8 Å². The third-order valence-electron chi connectivity index (χ3n) is 3.82. The molecule has 1 fully saturated rings. The fourth-order valence-corrected chi connectivity index (χ4v) is 2.75. The highest BCUT2D eigenvalue weighted by Crippen LogP contribution is 2.28. The van der Waals surface area contributed by atoms with E-state index >= 15 is 0 Å². The molecule has 0 heterocycles. The first kappa shape index (κ1) is 14.5. The Labute approximate surface area is 118 Å². The second kappa shape index (κ2) is 6.50. The third kappa shape index (κ3) is 3.79. The molecule has 0 aliphatic heterocycles. The first-order valence-electron chi connectivity index (χ1n) is 7.11. The van der Waals surface area contributed by atoms with Crippen LogP contribution < -0.4 is 5.32 Å². The van der Waals surface area contributed by atoms with E-state index in [0.29, 0.717) is 18.0 Å². The smallest absolute Gasteiger partial charge is 0.293 e. The van der Waals surface area contributed by atoms with Crippen molar-refractivity contribution in [2.45, 2.75) is 45.4 Å². The number of rotatable bonds is 4. The molecule has 1 amide bonds. The van der Waals surface area contributed by atoms with Gasteiger partial charge in [0.1, 0.15) is 5.69 Å². The number of hydrogen-bond donors (Lipinski definition) is 1. The van der Waals surface area contributed by atoms with Gasteiger partial charge in [-0.05, 0) is 37.3 Å². The van der Waals surface area contributed by atoms with E-state index in [0.717, 1.165) is 18.4 Å². The number of nitro benzene ring substituents is 1. The zero-order chi connectivity index (χ0) is 14.5. The minimum Gasteiger partial charge on any atom is -0.320 e. The highest BCUT2D eigenvalue weighted by Gasteiger charge is 2.20. The summed E-state index contributed by atoms with van der Waals surface area (Å²) in [4.78, 5) is 22.6. The van der Waals surface area contributed by atoms with Gasteiger partial charge in [-0.2, -0.15) is 0 Å². The molecule has 1 saturated carbocycles. The zero-order valence-corrected chi connectivity index (χ0v) is 11.7. The van der Waals surface area contributed by atoms with Crippen LogP contribution >= 0.6 is 0 Å². The van der Waals surface area contributed by atoms with Crippen molar-refractivity contribution in [3.63, 3.8) is 0 Å². The summed E-state index contributed by atoms with van der Waals surface area (Å²) in [6.07, 6.45) is 6.25. The Morgan fingerprint density at radius 3 is 2.70 bits per heavy atom. The van der Waals surface area contributed by atoms with Gasteiger partial charge in [-0.15, -0.1) is 0 Å². The van der Waals surface area contributed by atoms with Crippen LogP contribution in [0.4, 0.5) is 11.4 Å². The highest BCUT2D eigenvalue weighted by atomic mass is 16.6. The number of aryl methyl sites for hydroxylation is 1. The average Bonchev–Trinajstić information content (AvgIpc) is 2.41. The predicted molar refractivity (Wildman–Crippen MR) is 77.7 cm³/mol. The Hall–Kier alpha value is -1.91. The second-order valence-corrected chi connectivity index (χ2v) is 5.53. The topological polar surface area (TPSA) is 72.2 Å². The van der Waals surface area contributed by atoms with Crippen molar-refractivity contribution in [1.82, 2.24) is 0 Å². The molecule has 1 aliphatic rings. The number of carbonyl (C=O) groups is 1. The van der Waals surface area contributed by atoms with E-state index in [2.05, 4.69) is 5.32 Å². The summed E-state index contributed by atoms with van der Waals surface area (Å²) in [5.41, 5.74) is 1.06. The monoisotopic (exact) mass is 276 g/mol. The summed E-state index contributed by atoms with van der Waals surface area (Å²) in [6, 6.07) is 4.85. The molecule has 1 N–H and O–H groups in total. The van der Waals surface area contributed by atoms with Crippen LogP contribution in [0.15, 0.2) is 18.2 Å². The van der Waals surface area contributed by atoms with Crippen LogP contribution in [0.25, 0.3) is 0 Å². The van der Waals surface area contributed by atoms with E-state index in [1.165, 1.54) is 25.3 Å². The number of anilines is 1. The van der Waals surface area contributed by atoms with Gasteiger partial charge in [-0.3, -0.25) is 14.9 Å². The molecule has 5 nitrogen and oxygen atoms in total. The fraction of sp³-hybridized carbons (Fsp3) is 0.533. The van der Waals surface area contributed by atoms with Crippen LogP contribution in [0.2, 0.25) is 0 Å². The maximum absolute atomic E-state index is 12.0. The van der Waals surface area contributed by atoms with Gasteiger partial charge in [0.05, 0.1) is 4.92 Å². The molecule has 1 aliphatic carbocycles. The van der Waals surface area contributed by atoms with Gasteiger partial charge < -0.3 is 5.32 Å². The minimum absolute atomic E-state index is 0.0398. The minimum atomic E-state index is -0.455. The Balaban J connectivity index is 2.01. The summed E-state index contributed by atoms with van der Waals surface area (Å²) in [5.74, 6) is 0.303. The van der Waals surface area contributed by atoms with Gasteiger partial charge in [0.25, 0.3) is 5.69 Å². The standard InChI is InChI=1S/C15H20N2O3/c1-11-7-8-13(14(9-11)17(19)20)16-15(18)10-12-5-3-2-4-6-12/h7-9,12H,2-6,10H2,1H3,(H,16,18). The molecule has 0 radical (unpaired) electrons. The van der Waals surface area contributed by atoms with Crippen molar-refractivity contribution >= 4 is 17.3 Å². The van der Waals surface area contributed by atoms with Gasteiger partial charge in [-0.1, -0.05) is 25.3 Å². The second-order valence-electron chi connectivity index (χ2n) is 5.53. The molecular weight excluding hydrogens is 256 g/mol. The first-order chi connectivity index (χ1) is 9.56. The number of nitrogens with zero attached hydrogens (tertiary/aromatic N) is 1. The normalized spacial score (nSPS) is 15.8. The number of amides is 1. The number of carbonyl (C=O) groups excluding carboxylic acids is 1. The van der Waals surface area contributed by atoms with Crippen LogP contribution in [0.5, 0.6) is 0 Å². The van der Waals surface area contributed by atoms with Crippen molar-refractivity contribution in [1.29, 1.82) is 0 Å². The van der Waals surface area contributed by atoms with Gasteiger partial charge in [0, 0.05) is 12.5 Å². The molecule has 1 aromatic carbocycles. The fourth-order valence-electron chi connectivity index (χ4n) is 2.75. The molecule has 0 bridgehead atoms. The highest BCUT2D eigenvalue weighted by molar-refractivity contribution is 5.93. The van der Waals surface area contributed by atoms with E-state index in [1.54, 1.807) is 19.1 Å². The van der Waals surface area contributed by atoms with Gasteiger partial charge in [0.15, 0.2) is 0 Å². The lowest BCUT2D eigenvalue weighted by atomic mass is 9.87. The van der Waals surface area contributed by atoms with E-state index in [4.69, 9.17) is 0 Å². The van der Waals surface area contributed by atoms with Crippen LogP contribution in [0.3, 0.4) is 0 Å². The largest absolute Gasteiger partial charge is 0.320 e. The van der Waals surface area contributed by atoms with E-state index in [-0.39, 0.29) is 11.6 Å². The molecule has 0 atom stereocenters. The quantitative estimate of drug-likeness (QED) is 0.671. The van der Waals surface area contributed by atoms with Gasteiger partial charge in [-0.25, -0.2) is 0 Å². The summed E-state index contributed by atoms with van der Waals surface area (Å²) in [7, 11) is 0. The van der Waals surface area contributed by atoms with Crippen molar-refractivity contribution < 1.29 is 9.72 Å². The maximum atomic E-state index is 12.0. The molecule has 0 aromatic heterocycles. The van der Waals surface area contributed by atoms with Gasteiger partial charge in [0.2, 0.25) is 5.91 Å². The molecule has 2 rings (SSSR count). The lowest BCUT2D eigenvalue weighted by Crippen LogP contribution is -2.18. The lowest BCUT2D eigenvalue weighted by Gasteiger charge is -2.20. The average molecular weight is 276 g/mol. The first-order valence-corrected chi connectivity index (χ1v) is 7.11. The lowest BCUT2D eigenvalue weighted by molar-refractivity contribution is -0.384. The summed E-state index contributed by atoms with van der Waals surface area (Å²) in [6.45, 7) is 1.79. The number of benzene rings is 1. The summed E-state index contributed by atoms with van der Waals surface area (Å²) in [5, 5.41) is 13.7. The Morgan fingerprint density at radius 2 is 2.05 bits per heavy atom. The Kier molecular flexibility index (Phi) is 4.71. The summed E-state index contributed by atoms with van der Waals surface area (Å²) < 4.78 is 0. The number of hydrogen-bond acceptors (Lipinski definition) is 3. The maximum Gasteiger partial charge on any atom is 0.293 e. The summed E-state index contributed by atoms with van der Waals surface area (Å²) >= 11 is 0. The van der Waals surface area contributed by atoms with Crippen molar-refractivity contribution in [2.75, 3.05) is 5.32 Å². The van der Waals surface area contributed by atoms with Crippen LogP contribution in [0, 0.1) is 23.0 Å². The van der Waals surface area contributed by atoms with Gasteiger partial charge >= 0.3 is 0 Å². The van der Waals surface area contributed by atoms with Crippen molar-refractivity contribution in [3.05, 3.63) is 33.9 Å². The predicted octanol–water partition coefficient (Wildman–Crippen LogP) is 3.81. The third-order valence-corrected chi connectivity index (χ3v) is 3.82. The SMILES string of the molecule is Cc1ccc(NC(=O)CC2CCCCC2)c([N+](=O)[O-])c1. The zero-order valence-electron chi connectivity index (χ0n) is 11.7. The van der Waals surface area contributed by atoms with E-state index in [9.17, 15) is 14.9 Å². The molecular formula is C15H20N2O3.